The fourth-order valence-corrected chi connectivity index (χ4v) is 1.65. The first kappa shape index (κ1) is 11.9. The summed E-state index contributed by atoms with van der Waals surface area (Å²) in [5.74, 6) is 1.26. The summed E-state index contributed by atoms with van der Waals surface area (Å²) in [6.45, 7) is 0.786. The van der Waals surface area contributed by atoms with Crippen molar-refractivity contribution in [3.8, 4) is 11.6 Å². The fourth-order valence-electron chi connectivity index (χ4n) is 1.47. The summed E-state index contributed by atoms with van der Waals surface area (Å²) in [5.41, 5.74) is 1.12. The van der Waals surface area contributed by atoms with Gasteiger partial charge < -0.3 is 10.1 Å². The van der Waals surface area contributed by atoms with Crippen molar-refractivity contribution in [2.75, 3.05) is 7.05 Å². The van der Waals surface area contributed by atoms with Gasteiger partial charge >= 0.3 is 0 Å². The topological polar surface area (TPSA) is 34.2 Å². The van der Waals surface area contributed by atoms with Crippen molar-refractivity contribution in [2.45, 2.75) is 6.54 Å². The van der Waals surface area contributed by atoms with E-state index in [4.69, 9.17) is 16.3 Å². The van der Waals surface area contributed by atoms with Crippen LogP contribution < -0.4 is 10.1 Å². The number of hydrogen-bond acceptors (Lipinski definition) is 3. The predicted molar refractivity (Wildman–Crippen MR) is 68.5 cm³/mol. The highest BCUT2D eigenvalue weighted by Crippen LogP contribution is 2.22. The van der Waals surface area contributed by atoms with Crippen LogP contribution in [0.25, 0.3) is 0 Å². The van der Waals surface area contributed by atoms with Gasteiger partial charge in [0.2, 0.25) is 5.88 Å². The summed E-state index contributed by atoms with van der Waals surface area (Å²) in [6, 6.07) is 11.1. The number of benzene rings is 1. The summed E-state index contributed by atoms with van der Waals surface area (Å²) >= 11 is 5.88. The maximum absolute atomic E-state index is 5.88. The van der Waals surface area contributed by atoms with E-state index in [1.54, 1.807) is 18.3 Å². The van der Waals surface area contributed by atoms with Crippen molar-refractivity contribution in [3.63, 3.8) is 0 Å². The largest absolute Gasteiger partial charge is 0.439 e. The Labute approximate surface area is 105 Å². The molecule has 4 heteroatoms. The monoisotopic (exact) mass is 248 g/mol. The number of halogens is 1. The molecule has 1 aromatic heterocycles. The van der Waals surface area contributed by atoms with Crippen LogP contribution in [0.2, 0.25) is 5.02 Å². The second-order valence-electron chi connectivity index (χ2n) is 3.59. The minimum absolute atomic E-state index is 0.569. The van der Waals surface area contributed by atoms with Crippen molar-refractivity contribution in [2.24, 2.45) is 0 Å². The summed E-state index contributed by atoms with van der Waals surface area (Å²) in [6.07, 6.45) is 1.73. The van der Waals surface area contributed by atoms with Gasteiger partial charge in [0.15, 0.2) is 0 Å². The van der Waals surface area contributed by atoms with Crippen LogP contribution in [0, 0.1) is 0 Å². The molecule has 0 bridgehead atoms. The van der Waals surface area contributed by atoms with E-state index < -0.39 is 0 Å². The first-order chi connectivity index (χ1) is 8.28. The van der Waals surface area contributed by atoms with Crippen LogP contribution in [0.5, 0.6) is 11.6 Å². The number of ether oxygens (including phenoxy) is 1. The molecule has 17 heavy (non-hydrogen) atoms. The zero-order valence-electron chi connectivity index (χ0n) is 9.48. The Hall–Kier alpha value is -1.58. The Morgan fingerprint density at radius 1 is 1.29 bits per heavy atom. The highest BCUT2D eigenvalue weighted by atomic mass is 35.5. The van der Waals surface area contributed by atoms with Gasteiger partial charge in [-0.15, -0.1) is 0 Å². The molecule has 88 valence electrons. The molecule has 0 atom stereocenters. The Balaban J connectivity index is 2.15. The molecule has 0 aliphatic carbocycles. The smallest absolute Gasteiger partial charge is 0.219 e. The van der Waals surface area contributed by atoms with E-state index in [2.05, 4.69) is 10.3 Å². The second-order valence-corrected chi connectivity index (χ2v) is 4.03. The maximum atomic E-state index is 5.88. The SMILES string of the molecule is CNCc1ccnc(Oc2cccc(Cl)c2)c1. The molecule has 1 aromatic carbocycles. The molecule has 0 amide bonds. The van der Waals surface area contributed by atoms with Crippen LogP contribution in [0.1, 0.15) is 5.56 Å². The molecule has 0 spiro atoms. The zero-order chi connectivity index (χ0) is 12.1. The first-order valence-corrected chi connectivity index (χ1v) is 5.68. The number of nitrogens with zero attached hydrogens (tertiary/aromatic N) is 1. The lowest BCUT2D eigenvalue weighted by Gasteiger charge is -2.06. The Morgan fingerprint density at radius 3 is 2.94 bits per heavy atom. The normalized spacial score (nSPS) is 10.2. The standard InChI is InChI=1S/C13H13ClN2O/c1-15-9-10-5-6-16-13(7-10)17-12-4-2-3-11(14)8-12/h2-8,15H,9H2,1H3. The molecule has 2 aromatic rings. The van der Waals surface area contributed by atoms with Crippen molar-refractivity contribution in [3.05, 3.63) is 53.2 Å². The minimum Gasteiger partial charge on any atom is -0.439 e. The van der Waals surface area contributed by atoms with Gasteiger partial charge in [0.05, 0.1) is 0 Å². The van der Waals surface area contributed by atoms with Crippen LogP contribution in [0.3, 0.4) is 0 Å². The summed E-state index contributed by atoms with van der Waals surface area (Å²) in [7, 11) is 1.90. The molecule has 0 aliphatic rings. The van der Waals surface area contributed by atoms with Crippen LogP contribution in [-0.4, -0.2) is 12.0 Å². The first-order valence-electron chi connectivity index (χ1n) is 5.31. The van der Waals surface area contributed by atoms with Crippen LogP contribution >= 0.6 is 11.6 Å². The summed E-state index contributed by atoms with van der Waals surface area (Å²) < 4.78 is 5.62. The number of aromatic nitrogens is 1. The van der Waals surface area contributed by atoms with E-state index in [1.165, 1.54) is 0 Å². The summed E-state index contributed by atoms with van der Waals surface area (Å²) in [4.78, 5) is 4.15. The van der Waals surface area contributed by atoms with Crippen LogP contribution in [0.4, 0.5) is 0 Å². The molecule has 2 rings (SSSR count). The predicted octanol–water partition coefficient (Wildman–Crippen LogP) is 3.25. The molecule has 3 nitrogen and oxygen atoms in total. The number of nitrogens with one attached hydrogen (secondary N) is 1. The zero-order valence-corrected chi connectivity index (χ0v) is 10.2. The van der Waals surface area contributed by atoms with E-state index in [0.717, 1.165) is 12.1 Å². The fraction of sp³-hybridized carbons (Fsp3) is 0.154. The lowest BCUT2D eigenvalue weighted by atomic mass is 10.2. The van der Waals surface area contributed by atoms with Gasteiger partial charge in [0.25, 0.3) is 0 Å². The molecular weight excluding hydrogens is 236 g/mol. The summed E-state index contributed by atoms with van der Waals surface area (Å²) in [5, 5.41) is 3.73. The maximum Gasteiger partial charge on any atom is 0.219 e. The number of hydrogen-bond donors (Lipinski definition) is 1. The average Bonchev–Trinajstić information content (AvgIpc) is 2.30. The van der Waals surface area contributed by atoms with Gasteiger partial charge in [-0.2, -0.15) is 0 Å². The van der Waals surface area contributed by atoms with Gasteiger partial charge in [-0.3, -0.25) is 0 Å². The van der Waals surface area contributed by atoms with Gasteiger partial charge in [0, 0.05) is 23.8 Å². The van der Waals surface area contributed by atoms with E-state index in [0.29, 0.717) is 16.7 Å². The quantitative estimate of drug-likeness (QED) is 0.902. The highest BCUT2D eigenvalue weighted by Gasteiger charge is 2.00. The minimum atomic E-state index is 0.569. The van der Waals surface area contributed by atoms with E-state index >= 15 is 0 Å². The lowest BCUT2D eigenvalue weighted by molar-refractivity contribution is 0.462. The van der Waals surface area contributed by atoms with E-state index in [1.807, 2.05) is 31.3 Å². The Morgan fingerprint density at radius 2 is 2.18 bits per heavy atom. The van der Waals surface area contributed by atoms with Gasteiger partial charge in [-0.1, -0.05) is 17.7 Å². The number of rotatable bonds is 4. The third-order valence-corrected chi connectivity index (χ3v) is 2.43. The average molecular weight is 249 g/mol. The molecule has 0 unspecified atom stereocenters. The Kier molecular flexibility index (Phi) is 3.96. The second kappa shape index (κ2) is 5.66. The van der Waals surface area contributed by atoms with Crippen molar-refractivity contribution < 1.29 is 4.74 Å². The molecule has 1 heterocycles. The van der Waals surface area contributed by atoms with Crippen molar-refractivity contribution >= 4 is 11.6 Å². The lowest BCUT2D eigenvalue weighted by Crippen LogP contribution is -2.05. The van der Waals surface area contributed by atoms with Crippen LogP contribution in [0.15, 0.2) is 42.6 Å². The molecule has 0 radical (unpaired) electrons. The third kappa shape index (κ3) is 3.44. The molecule has 0 saturated carbocycles. The molecule has 0 saturated heterocycles. The van der Waals surface area contributed by atoms with Gasteiger partial charge in [-0.25, -0.2) is 4.98 Å². The van der Waals surface area contributed by atoms with Crippen molar-refractivity contribution in [1.29, 1.82) is 0 Å². The molecule has 0 fully saturated rings. The Bertz CT molecular complexity index is 502. The van der Waals surface area contributed by atoms with Crippen molar-refractivity contribution in [1.82, 2.24) is 10.3 Å². The van der Waals surface area contributed by atoms with Crippen LogP contribution in [-0.2, 0) is 6.54 Å². The van der Waals surface area contributed by atoms with E-state index in [9.17, 15) is 0 Å². The van der Waals surface area contributed by atoms with Gasteiger partial charge in [-0.05, 0) is 36.9 Å². The highest BCUT2D eigenvalue weighted by molar-refractivity contribution is 6.30. The molecule has 0 aliphatic heterocycles. The molecule has 1 N–H and O–H groups in total. The van der Waals surface area contributed by atoms with Gasteiger partial charge in [0.1, 0.15) is 5.75 Å². The number of pyridine rings is 1. The molecular formula is C13H13ClN2O. The third-order valence-electron chi connectivity index (χ3n) is 2.20. The van der Waals surface area contributed by atoms with E-state index in [-0.39, 0.29) is 0 Å².